The van der Waals surface area contributed by atoms with Crippen LogP contribution in [-0.4, -0.2) is 4.92 Å². The van der Waals surface area contributed by atoms with Gasteiger partial charge in [-0.05, 0) is 46.5 Å². The molecule has 14 heavy (non-hydrogen) atoms. The normalized spacial score (nSPS) is 10.7. The lowest BCUT2D eigenvalue weighted by Crippen LogP contribution is -1.87. The zero-order valence-corrected chi connectivity index (χ0v) is 10.3. The molecule has 0 atom stereocenters. The highest BCUT2D eigenvalue weighted by Crippen LogP contribution is 2.32. The summed E-state index contributed by atoms with van der Waals surface area (Å²) in [6.07, 6.45) is 0. The maximum atomic E-state index is 10.6. The van der Waals surface area contributed by atoms with Crippen molar-refractivity contribution >= 4 is 49.7 Å². The third-order valence-corrected chi connectivity index (χ3v) is 3.85. The topological polar surface area (TPSA) is 43.1 Å². The van der Waals surface area contributed by atoms with Gasteiger partial charge in [-0.1, -0.05) is 0 Å². The molecular formula is C9H6INO2S. The van der Waals surface area contributed by atoms with Crippen LogP contribution in [0.15, 0.2) is 18.2 Å². The van der Waals surface area contributed by atoms with Crippen LogP contribution in [0.1, 0.15) is 5.56 Å². The molecule has 3 nitrogen and oxygen atoms in total. The van der Waals surface area contributed by atoms with Crippen LogP contribution in [0.2, 0.25) is 0 Å². The van der Waals surface area contributed by atoms with E-state index in [-0.39, 0.29) is 10.6 Å². The van der Waals surface area contributed by atoms with Crippen LogP contribution in [0, 0.1) is 19.9 Å². The summed E-state index contributed by atoms with van der Waals surface area (Å²) in [5, 5.41) is 11.7. The number of benzene rings is 1. The van der Waals surface area contributed by atoms with Gasteiger partial charge in [-0.2, -0.15) is 0 Å². The van der Waals surface area contributed by atoms with Crippen LogP contribution in [-0.2, 0) is 0 Å². The highest BCUT2D eigenvalue weighted by molar-refractivity contribution is 14.1. The smallest absolute Gasteiger partial charge is 0.258 e. The molecule has 1 aromatic heterocycles. The Morgan fingerprint density at radius 1 is 1.43 bits per heavy atom. The minimum atomic E-state index is -0.348. The first kappa shape index (κ1) is 9.85. The van der Waals surface area contributed by atoms with Crippen molar-refractivity contribution in [2.24, 2.45) is 0 Å². The fourth-order valence-corrected chi connectivity index (χ4v) is 3.29. The summed E-state index contributed by atoms with van der Waals surface area (Å²) in [7, 11) is 0. The van der Waals surface area contributed by atoms with E-state index in [0.29, 0.717) is 0 Å². The molecule has 2 aromatic rings. The first-order chi connectivity index (χ1) is 6.58. The van der Waals surface area contributed by atoms with E-state index in [0.717, 1.165) is 18.5 Å². The highest BCUT2D eigenvalue weighted by atomic mass is 127. The number of non-ortho nitro benzene ring substituents is 1. The summed E-state index contributed by atoms with van der Waals surface area (Å²) in [4.78, 5) is 10.3. The first-order valence-corrected chi connectivity index (χ1v) is 5.81. The molecule has 0 saturated carbocycles. The lowest BCUT2D eigenvalue weighted by Gasteiger charge is -1.95. The van der Waals surface area contributed by atoms with Crippen LogP contribution < -0.4 is 0 Å². The van der Waals surface area contributed by atoms with Crippen LogP contribution in [0.3, 0.4) is 0 Å². The van der Waals surface area contributed by atoms with E-state index in [4.69, 9.17) is 0 Å². The molecule has 5 heteroatoms. The van der Waals surface area contributed by atoms with Gasteiger partial charge in [-0.15, -0.1) is 11.3 Å². The van der Waals surface area contributed by atoms with Gasteiger partial charge < -0.3 is 0 Å². The number of fused-ring (bicyclic) bond motifs is 1. The second kappa shape index (κ2) is 3.47. The summed E-state index contributed by atoms with van der Waals surface area (Å²) in [5.74, 6) is 0. The molecule has 0 aliphatic carbocycles. The fraction of sp³-hybridized carbons (Fsp3) is 0.111. The fourth-order valence-electron chi connectivity index (χ4n) is 1.37. The van der Waals surface area contributed by atoms with E-state index in [2.05, 4.69) is 28.7 Å². The van der Waals surface area contributed by atoms with Crippen molar-refractivity contribution in [3.8, 4) is 0 Å². The molecule has 0 saturated heterocycles. The molecule has 0 aliphatic heterocycles. The number of nitrogens with zero attached hydrogens (tertiary/aromatic N) is 1. The molecule has 72 valence electrons. The van der Waals surface area contributed by atoms with Gasteiger partial charge in [0, 0.05) is 16.8 Å². The summed E-state index contributed by atoms with van der Waals surface area (Å²) < 4.78 is 2.14. The van der Waals surface area contributed by atoms with Crippen molar-refractivity contribution in [2.45, 2.75) is 6.92 Å². The molecule has 0 bridgehead atoms. The van der Waals surface area contributed by atoms with Crippen molar-refractivity contribution < 1.29 is 4.92 Å². The van der Waals surface area contributed by atoms with Gasteiger partial charge in [-0.3, -0.25) is 10.1 Å². The third kappa shape index (κ3) is 1.61. The average Bonchev–Trinajstić information content (AvgIpc) is 2.45. The second-order valence-corrected chi connectivity index (χ2v) is 5.96. The molecule has 0 amide bonds. The predicted molar refractivity (Wildman–Crippen MR) is 65.9 cm³/mol. The van der Waals surface area contributed by atoms with Crippen molar-refractivity contribution in [1.82, 2.24) is 0 Å². The largest absolute Gasteiger partial charge is 0.271 e. The maximum Gasteiger partial charge on any atom is 0.271 e. The van der Waals surface area contributed by atoms with Crippen LogP contribution in [0.4, 0.5) is 5.69 Å². The molecule has 1 heterocycles. The Labute approximate surface area is 98.0 Å². The van der Waals surface area contributed by atoms with E-state index < -0.39 is 0 Å². The van der Waals surface area contributed by atoms with Gasteiger partial charge in [0.2, 0.25) is 0 Å². The van der Waals surface area contributed by atoms with Crippen molar-refractivity contribution in [3.05, 3.63) is 36.8 Å². The Kier molecular flexibility index (Phi) is 2.44. The number of aryl methyl sites for hydroxylation is 1. The van der Waals surface area contributed by atoms with Gasteiger partial charge in [0.25, 0.3) is 5.69 Å². The monoisotopic (exact) mass is 319 g/mol. The van der Waals surface area contributed by atoms with Crippen LogP contribution >= 0.6 is 33.9 Å². The van der Waals surface area contributed by atoms with Gasteiger partial charge in [-0.25, -0.2) is 0 Å². The molecule has 0 radical (unpaired) electrons. The number of halogens is 1. The maximum absolute atomic E-state index is 10.6. The zero-order valence-electron chi connectivity index (χ0n) is 7.28. The Hall–Kier alpha value is -0.690. The SMILES string of the molecule is Cc1cc([N+](=O)[O-])cc2sc(I)cc12. The number of hydrogen-bond donors (Lipinski definition) is 0. The first-order valence-electron chi connectivity index (χ1n) is 3.92. The van der Waals surface area contributed by atoms with Crippen LogP contribution in [0.5, 0.6) is 0 Å². The van der Waals surface area contributed by atoms with E-state index in [1.807, 2.05) is 6.92 Å². The lowest BCUT2D eigenvalue weighted by atomic mass is 10.1. The van der Waals surface area contributed by atoms with E-state index in [9.17, 15) is 10.1 Å². The number of nitro benzene ring substituents is 1. The zero-order chi connectivity index (χ0) is 10.3. The van der Waals surface area contributed by atoms with Crippen molar-refractivity contribution in [1.29, 1.82) is 0 Å². The van der Waals surface area contributed by atoms with Crippen molar-refractivity contribution in [3.63, 3.8) is 0 Å². The predicted octanol–water partition coefficient (Wildman–Crippen LogP) is 3.72. The molecule has 0 aliphatic rings. The van der Waals surface area contributed by atoms with Crippen molar-refractivity contribution in [2.75, 3.05) is 0 Å². The van der Waals surface area contributed by atoms with Gasteiger partial charge in [0.1, 0.15) is 0 Å². The Bertz CT molecular complexity index is 521. The molecule has 0 spiro atoms. The summed E-state index contributed by atoms with van der Waals surface area (Å²) in [6.45, 7) is 1.90. The van der Waals surface area contributed by atoms with E-state index in [1.54, 1.807) is 23.5 Å². The highest BCUT2D eigenvalue weighted by Gasteiger charge is 2.11. The standard InChI is InChI=1S/C9H6INO2S/c1-5-2-6(11(12)13)3-8-7(5)4-9(10)14-8/h2-4H,1H3. The number of nitro groups is 1. The van der Waals surface area contributed by atoms with E-state index >= 15 is 0 Å². The molecule has 0 N–H and O–H groups in total. The summed E-state index contributed by atoms with van der Waals surface area (Å²) in [6, 6.07) is 5.31. The number of rotatable bonds is 1. The summed E-state index contributed by atoms with van der Waals surface area (Å²) in [5.41, 5.74) is 1.14. The Morgan fingerprint density at radius 3 is 2.79 bits per heavy atom. The Balaban J connectivity index is 2.77. The molecular weight excluding hydrogens is 313 g/mol. The molecule has 0 unspecified atom stereocenters. The number of thiophene rings is 1. The van der Waals surface area contributed by atoms with Gasteiger partial charge >= 0.3 is 0 Å². The van der Waals surface area contributed by atoms with Gasteiger partial charge in [0.15, 0.2) is 0 Å². The Morgan fingerprint density at radius 2 is 2.14 bits per heavy atom. The van der Waals surface area contributed by atoms with E-state index in [1.165, 1.54) is 0 Å². The number of hydrogen-bond acceptors (Lipinski definition) is 3. The second-order valence-electron chi connectivity index (χ2n) is 2.98. The third-order valence-electron chi connectivity index (χ3n) is 2.01. The molecule has 0 fully saturated rings. The average molecular weight is 319 g/mol. The van der Waals surface area contributed by atoms with Gasteiger partial charge in [0.05, 0.1) is 7.81 Å². The summed E-state index contributed by atoms with van der Waals surface area (Å²) >= 11 is 3.81. The minimum absolute atomic E-state index is 0.174. The quantitative estimate of drug-likeness (QED) is 0.457. The molecule has 1 aromatic carbocycles. The van der Waals surface area contributed by atoms with Crippen LogP contribution in [0.25, 0.3) is 10.1 Å². The minimum Gasteiger partial charge on any atom is -0.258 e. The molecule has 2 rings (SSSR count). The lowest BCUT2D eigenvalue weighted by molar-refractivity contribution is -0.384.